The van der Waals surface area contributed by atoms with Crippen LogP contribution in [0.25, 0.3) is 0 Å². The molecule has 2 aromatic rings. The van der Waals surface area contributed by atoms with Gasteiger partial charge in [0.1, 0.15) is 5.82 Å². The van der Waals surface area contributed by atoms with E-state index < -0.39 is 0 Å². The first kappa shape index (κ1) is 13.7. The van der Waals surface area contributed by atoms with E-state index in [-0.39, 0.29) is 17.6 Å². The maximum atomic E-state index is 12.2. The lowest BCUT2D eigenvalue weighted by molar-refractivity contribution is 0.0774. The number of amides is 1. The molecule has 0 aliphatic heterocycles. The molecule has 0 spiro atoms. The van der Waals surface area contributed by atoms with Gasteiger partial charge in [-0.15, -0.1) is 16.4 Å². The second-order valence-corrected chi connectivity index (χ2v) is 5.66. The van der Waals surface area contributed by atoms with Gasteiger partial charge in [0.25, 0.3) is 5.91 Å². The highest BCUT2D eigenvalue weighted by Gasteiger charge is 2.19. The molecule has 6 nitrogen and oxygen atoms in total. The third-order valence-electron chi connectivity index (χ3n) is 2.81. The van der Waals surface area contributed by atoms with E-state index in [1.807, 2.05) is 20.8 Å². The number of H-pyrrole nitrogens is 1. The minimum atomic E-state index is -0.184. The first-order valence-corrected chi connectivity index (χ1v) is 6.93. The van der Waals surface area contributed by atoms with Gasteiger partial charge in [-0.05, 0) is 6.92 Å². The molecule has 0 radical (unpaired) electrons. The van der Waals surface area contributed by atoms with Crippen LogP contribution in [0.5, 0.6) is 0 Å². The number of nitrogens with zero attached hydrogens (tertiary/aromatic N) is 4. The molecule has 102 valence electrons. The summed E-state index contributed by atoms with van der Waals surface area (Å²) < 4.78 is 0. The van der Waals surface area contributed by atoms with E-state index in [9.17, 15) is 4.79 Å². The third kappa shape index (κ3) is 2.98. The summed E-state index contributed by atoms with van der Waals surface area (Å²) in [4.78, 5) is 23.3. The molecule has 1 N–H and O–H groups in total. The van der Waals surface area contributed by atoms with Gasteiger partial charge in [-0.25, -0.2) is 9.97 Å². The minimum Gasteiger partial charge on any atom is -0.334 e. The summed E-state index contributed by atoms with van der Waals surface area (Å²) in [5.74, 6) is 0.984. The van der Waals surface area contributed by atoms with Crippen molar-refractivity contribution in [1.29, 1.82) is 0 Å². The van der Waals surface area contributed by atoms with Gasteiger partial charge < -0.3 is 4.90 Å². The van der Waals surface area contributed by atoms with Crippen molar-refractivity contribution in [1.82, 2.24) is 25.1 Å². The predicted octanol–water partition coefficient (Wildman–Crippen LogP) is 1.97. The number of hydrogen-bond donors (Lipinski definition) is 1. The van der Waals surface area contributed by atoms with Crippen molar-refractivity contribution >= 4 is 17.2 Å². The topological polar surface area (TPSA) is 74.8 Å². The van der Waals surface area contributed by atoms with Crippen LogP contribution in [-0.4, -0.2) is 38.0 Å². The number of aromatic amines is 1. The fourth-order valence-corrected chi connectivity index (χ4v) is 2.39. The van der Waals surface area contributed by atoms with Crippen LogP contribution in [0, 0.1) is 6.92 Å². The van der Waals surface area contributed by atoms with Crippen molar-refractivity contribution in [2.24, 2.45) is 0 Å². The lowest BCUT2D eigenvalue weighted by Crippen LogP contribution is -2.27. The van der Waals surface area contributed by atoms with Crippen molar-refractivity contribution in [2.45, 2.75) is 33.2 Å². The number of aryl methyl sites for hydroxylation is 1. The van der Waals surface area contributed by atoms with Crippen molar-refractivity contribution in [3.05, 3.63) is 27.7 Å². The number of carbonyl (C=O) groups excluding carboxylic acids is 1. The summed E-state index contributed by atoms with van der Waals surface area (Å²) >= 11 is 1.55. The molecular formula is C12H17N5OS. The standard InChI is InChI=1S/C12H17N5OS/c1-7(2)10-14-11(16-15-10)12(18)17(4)5-9-8(3)13-6-19-9/h6-7H,5H2,1-4H3,(H,14,15,16). The van der Waals surface area contributed by atoms with Gasteiger partial charge in [-0.3, -0.25) is 9.89 Å². The van der Waals surface area contributed by atoms with Crippen molar-refractivity contribution in [3.8, 4) is 0 Å². The van der Waals surface area contributed by atoms with Gasteiger partial charge in [-0.1, -0.05) is 13.8 Å². The molecule has 19 heavy (non-hydrogen) atoms. The molecule has 2 heterocycles. The Morgan fingerprint density at radius 2 is 2.26 bits per heavy atom. The van der Waals surface area contributed by atoms with Gasteiger partial charge in [0.15, 0.2) is 0 Å². The Morgan fingerprint density at radius 3 is 2.79 bits per heavy atom. The zero-order chi connectivity index (χ0) is 14.0. The zero-order valence-electron chi connectivity index (χ0n) is 11.5. The summed E-state index contributed by atoms with van der Waals surface area (Å²) in [6.07, 6.45) is 0. The first-order chi connectivity index (χ1) is 8.99. The monoisotopic (exact) mass is 279 g/mol. The predicted molar refractivity (Wildman–Crippen MR) is 73.1 cm³/mol. The number of nitrogens with one attached hydrogen (secondary N) is 1. The Morgan fingerprint density at radius 1 is 1.53 bits per heavy atom. The molecule has 0 aliphatic carbocycles. The van der Waals surface area contributed by atoms with Gasteiger partial charge in [0, 0.05) is 17.8 Å². The molecule has 0 fully saturated rings. The molecule has 0 unspecified atom stereocenters. The molecule has 0 atom stereocenters. The third-order valence-corrected chi connectivity index (χ3v) is 3.73. The van der Waals surface area contributed by atoms with E-state index in [2.05, 4.69) is 20.2 Å². The summed E-state index contributed by atoms with van der Waals surface area (Å²) in [5.41, 5.74) is 2.75. The summed E-state index contributed by atoms with van der Waals surface area (Å²) in [5, 5.41) is 6.76. The van der Waals surface area contributed by atoms with Crippen molar-refractivity contribution in [3.63, 3.8) is 0 Å². The van der Waals surface area contributed by atoms with Gasteiger partial charge in [-0.2, -0.15) is 0 Å². The van der Waals surface area contributed by atoms with Crippen LogP contribution in [0.3, 0.4) is 0 Å². The fraction of sp³-hybridized carbons (Fsp3) is 0.500. The summed E-state index contributed by atoms with van der Waals surface area (Å²) in [7, 11) is 1.74. The highest BCUT2D eigenvalue weighted by molar-refractivity contribution is 7.09. The molecule has 0 bridgehead atoms. The van der Waals surface area contributed by atoms with E-state index >= 15 is 0 Å². The second-order valence-electron chi connectivity index (χ2n) is 4.72. The van der Waals surface area contributed by atoms with Crippen LogP contribution in [0.4, 0.5) is 0 Å². The fourth-order valence-electron chi connectivity index (χ4n) is 1.56. The smallest absolute Gasteiger partial charge is 0.293 e. The highest BCUT2D eigenvalue weighted by atomic mass is 32.1. The molecule has 0 saturated heterocycles. The summed E-state index contributed by atoms with van der Waals surface area (Å²) in [6, 6.07) is 0. The van der Waals surface area contributed by atoms with Crippen molar-refractivity contribution in [2.75, 3.05) is 7.05 Å². The van der Waals surface area contributed by atoms with Gasteiger partial charge >= 0.3 is 0 Å². The Balaban J connectivity index is 2.08. The molecule has 2 aromatic heterocycles. The number of carbonyl (C=O) groups is 1. The van der Waals surface area contributed by atoms with Crippen LogP contribution in [0.1, 0.15) is 46.8 Å². The van der Waals surface area contributed by atoms with Crippen LogP contribution >= 0.6 is 11.3 Å². The molecule has 0 aliphatic rings. The molecule has 7 heteroatoms. The maximum absolute atomic E-state index is 12.2. The van der Waals surface area contributed by atoms with E-state index in [4.69, 9.17) is 0 Å². The SMILES string of the molecule is Cc1ncsc1CN(C)C(=O)c1n[nH]c(C(C)C)n1. The van der Waals surface area contributed by atoms with Crippen LogP contribution in [0.2, 0.25) is 0 Å². The number of aromatic nitrogens is 4. The molecule has 0 aromatic carbocycles. The molecular weight excluding hydrogens is 262 g/mol. The van der Waals surface area contributed by atoms with Gasteiger partial charge in [0.05, 0.1) is 17.7 Å². The number of rotatable bonds is 4. The largest absolute Gasteiger partial charge is 0.334 e. The van der Waals surface area contributed by atoms with Gasteiger partial charge in [0.2, 0.25) is 5.82 Å². The van der Waals surface area contributed by atoms with Crippen LogP contribution in [0.15, 0.2) is 5.51 Å². The summed E-state index contributed by atoms with van der Waals surface area (Å²) in [6.45, 7) is 6.47. The first-order valence-electron chi connectivity index (χ1n) is 6.05. The Labute approximate surface area is 115 Å². The van der Waals surface area contributed by atoms with E-state index in [0.717, 1.165) is 16.4 Å². The number of thiazole rings is 1. The average Bonchev–Trinajstić information content (AvgIpc) is 2.98. The highest BCUT2D eigenvalue weighted by Crippen LogP contribution is 2.15. The minimum absolute atomic E-state index is 0.184. The van der Waals surface area contributed by atoms with E-state index in [1.54, 1.807) is 28.8 Å². The zero-order valence-corrected chi connectivity index (χ0v) is 12.3. The Hall–Kier alpha value is -1.76. The molecule has 2 rings (SSSR count). The van der Waals surface area contributed by atoms with Crippen LogP contribution < -0.4 is 0 Å². The maximum Gasteiger partial charge on any atom is 0.293 e. The Kier molecular flexibility index (Phi) is 3.94. The lowest BCUT2D eigenvalue weighted by atomic mass is 10.2. The number of hydrogen-bond acceptors (Lipinski definition) is 5. The second kappa shape index (κ2) is 5.48. The van der Waals surface area contributed by atoms with E-state index in [1.165, 1.54) is 0 Å². The van der Waals surface area contributed by atoms with E-state index in [0.29, 0.717) is 6.54 Å². The van der Waals surface area contributed by atoms with Crippen LogP contribution in [-0.2, 0) is 6.54 Å². The normalized spacial score (nSPS) is 11.0. The molecule has 0 saturated carbocycles. The Bertz CT molecular complexity index is 574. The lowest BCUT2D eigenvalue weighted by Gasteiger charge is -2.14. The van der Waals surface area contributed by atoms with Crippen molar-refractivity contribution < 1.29 is 4.79 Å². The average molecular weight is 279 g/mol. The molecule has 1 amide bonds. The quantitative estimate of drug-likeness (QED) is 0.928.